The third-order valence-corrected chi connectivity index (χ3v) is 4.31. The van der Waals surface area contributed by atoms with Crippen molar-refractivity contribution >= 4 is 23.9 Å². The molecule has 2 rings (SSSR count). The van der Waals surface area contributed by atoms with Crippen LogP contribution in [0.3, 0.4) is 0 Å². The second kappa shape index (κ2) is 12.1. The third kappa shape index (κ3) is 7.79. The number of hydrogen-bond acceptors (Lipinski definition) is 4. The molecule has 0 saturated heterocycles. The van der Waals surface area contributed by atoms with E-state index in [9.17, 15) is 14.4 Å². The molecule has 7 nitrogen and oxygen atoms in total. The van der Waals surface area contributed by atoms with Crippen LogP contribution in [0.1, 0.15) is 41.6 Å². The van der Waals surface area contributed by atoms with Crippen LogP contribution in [-0.4, -0.2) is 36.5 Å². The van der Waals surface area contributed by atoms with Crippen LogP contribution in [0.5, 0.6) is 5.75 Å². The summed E-state index contributed by atoms with van der Waals surface area (Å²) in [5.41, 5.74) is 1.31. The van der Waals surface area contributed by atoms with Crippen molar-refractivity contribution in [1.29, 1.82) is 0 Å². The van der Waals surface area contributed by atoms with Gasteiger partial charge in [-0.25, -0.2) is 0 Å². The summed E-state index contributed by atoms with van der Waals surface area (Å²) in [4.78, 5) is 35.8. The fraction of sp³-hybridized carbons (Fsp3) is 0.261. The fourth-order valence-corrected chi connectivity index (χ4v) is 2.69. The molecule has 0 atom stereocenters. The van der Waals surface area contributed by atoms with Gasteiger partial charge < -0.3 is 20.5 Å². The highest BCUT2D eigenvalue weighted by atomic mass is 16.5. The average molecular weight is 410 g/mol. The quantitative estimate of drug-likeness (QED) is 0.390. The number of benzene rings is 2. The van der Waals surface area contributed by atoms with Crippen molar-refractivity contribution in [3.8, 4) is 5.75 Å². The maximum absolute atomic E-state index is 12.6. The van der Waals surface area contributed by atoms with Crippen LogP contribution >= 0.6 is 0 Å². The van der Waals surface area contributed by atoms with Crippen molar-refractivity contribution in [2.45, 2.75) is 25.7 Å². The lowest BCUT2D eigenvalue weighted by atomic mass is 10.1. The molecule has 0 fully saturated rings. The minimum Gasteiger partial charge on any atom is -0.497 e. The molecule has 0 aliphatic carbocycles. The van der Waals surface area contributed by atoms with Crippen LogP contribution in [-0.2, 0) is 9.59 Å². The number of aliphatic carboxylic acids is 1. The summed E-state index contributed by atoms with van der Waals surface area (Å²) in [6.45, 7) is 0.392. The molecule has 0 bridgehead atoms. The number of amides is 2. The molecule has 0 aliphatic rings. The van der Waals surface area contributed by atoms with Crippen LogP contribution in [0.2, 0.25) is 0 Å². The number of carboxylic acid groups (broad SMARTS) is 1. The average Bonchev–Trinajstić information content (AvgIpc) is 2.76. The number of carbonyl (C=O) groups is 3. The van der Waals surface area contributed by atoms with Gasteiger partial charge in [-0.05, 0) is 48.7 Å². The highest BCUT2D eigenvalue weighted by Gasteiger charge is 2.14. The number of ether oxygens (including phenoxy) is 1. The van der Waals surface area contributed by atoms with E-state index in [0.29, 0.717) is 37.1 Å². The Morgan fingerprint density at radius 2 is 1.67 bits per heavy atom. The summed E-state index contributed by atoms with van der Waals surface area (Å²) >= 11 is 0. The molecule has 2 aromatic carbocycles. The van der Waals surface area contributed by atoms with E-state index in [1.165, 1.54) is 0 Å². The van der Waals surface area contributed by atoms with Gasteiger partial charge in [0.05, 0.1) is 7.11 Å². The van der Waals surface area contributed by atoms with Gasteiger partial charge in [-0.2, -0.15) is 0 Å². The van der Waals surface area contributed by atoms with Crippen molar-refractivity contribution in [2.24, 2.45) is 0 Å². The van der Waals surface area contributed by atoms with Gasteiger partial charge in [0.25, 0.3) is 11.8 Å². The van der Waals surface area contributed by atoms with E-state index in [1.54, 1.807) is 37.5 Å². The summed E-state index contributed by atoms with van der Waals surface area (Å²) in [6.07, 6.45) is 3.64. The van der Waals surface area contributed by atoms with Crippen LogP contribution in [0, 0.1) is 0 Å². The molecule has 0 aliphatic heterocycles. The summed E-state index contributed by atoms with van der Waals surface area (Å²) in [5.74, 6) is -1.00. The molecule has 30 heavy (non-hydrogen) atoms. The van der Waals surface area contributed by atoms with E-state index in [0.717, 1.165) is 5.56 Å². The Labute approximate surface area is 175 Å². The van der Waals surface area contributed by atoms with Crippen molar-refractivity contribution < 1.29 is 24.2 Å². The van der Waals surface area contributed by atoms with E-state index < -0.39 is 17.8 Å². The largest absolute Gasteiger partial charge is 0.497 e. The number of carboxylic acids is 1. The van der Waals surface area contributed by atoms with Crippen LogP contribution in [0.15, 0.2) is 60.3 Å². The van der Waals surface area contributed by atoms with Crippen LogP contribution < -0.4 is 15.4 Å². The van der Waals surface area contributed by atoms with Gasteiger partial charge >= 0.3 is 5.97 Å². The number of carbonyl (C=O) groups excluding carboxylic acids is 2. The lowest BCUT2D eigenvalue weighted by molar-refractivity contribution is -0.137. The number of methoxy groups -OCH3 is 1. The lowest BCUT2D eigenvalue weighted by Crippen LogP contribution is -2.35. The molecular weight excluding hydrogens is 384 g/mol. The SMILES string of the molecule is COc1ccc(C(=O)N/C(=C\c2ccccc2)C(=O)NCCCCCC(=O)O)cc1. The number of hydrogen-bond donors (Lipinski definition) is 3. The van der Waals surface area contributed by atoms with E-state index >= 15 is 0 Å². The molecule has 0 saturated carbocycles. The van der Waals surface area contributed by atoms with Gasteiger partial charge in [-0.3, -0.25) is 14.4 Å². The maximum Gasteiger partial charge on any atom is 0.303 e. The zero-order chi connectivity index (χ0) is 21.8. The molecule has 7 heteroatoms. The van der Waals surface area contributed by atoms with Gasteiger partial charge in [0.15, 0.2) is 0 Å². The first-order chi connectivity index (χ1) is 14.5. The fourth-order valence-electron chi connectivity index (χ4n) is 2.69. The standard InChI is InChI=1S/C23H26N2O5/c1-30-19-13-11-18(12-14-19)22(28)25-20(16-17-8-4-2-5-9-17)23(29)24-15-7-3-6-10-21(26)27/h2,4-5,8-9,11-14,16H,3,6-7,10,15H2,1H3,(H,24,29)(H,25,28)(H,26,27)/b20-16-. The molecule has 0 aromatic heterocycles. The minimum absolute atomic E-state index is 0.116. The summed E-state index contributed by atoms with van der Waals surface area (Å²) in [7, 11) is 1.54. The summed E-state index contributed by atoms with van der Waals surface area (Å²) < 4.78 is 5.09. The Morgan fingerprint density at radius 3 is 2.30 bits per heavy atom. The Kier molecular flexibility index (Phi) is 9.12. The van der Waals surface area contributed by atoms with Crippen molar-refractivity contribution in [1.82, 2.24) is 10.6 Å². The van der Waals surface area contributed by atoms with Crippen LogP contribution in [0.25, 0.3) is 6.08 Å². The van der Waals surface area contributed by atoms with E-state index in [2.05, 4.69) is 10.6 Å². The van der Waals surface area contributed by atoms with Gasteiger partial charge in [-0.15, -0.1) is 0 Å². The van der Waals surface area contributed by atoms with Crippen molar-refractivity contribution in [3.05, 3.63) is 71.4 Å². The summed E-state index contributed by atoms with van der Waals surface area (Å²) in [6, 6.07) is 15.8. The van der Waals surface area contributed by atoms with E-state index in [4.69, 9.17) is 9.84 Å². The third-order valence-electron chi connectivity index (χ3n) is 4.31. The first-order valence-corrected chi connectivity index (χ1v) is 9.71. The molecule has 0 unspecified atom stereocenters. The molecule has 2 amide bonds. The molecule has 0 spiro atoms. The Hall–Kier alpha value is -3.61. The molecule has 2 aromatic rings. The molecule has 158 valence electrons. The Morgan fingerprint density at radius 1 is 0.967 bits per heavy atom. The lowest BCUT2D eigenvalue weighted by Gasteiger charge is -2.11. The zero-order valence-corrected chi connectivity index (χ0v) is 16.9. The highest BCUT2D eigenvalue weighted by molar-refractivity contribution is 6.05. The van der Waals surface area contributed by atoms with Gasteiger partial charge in [0, 0.05) is 18.5 Å². The van der Waals surface area contributed by atoms with Crippen molar-refractivity contribution in [2.75, 3.05) is 13.7 Å². The molecule has 0 radical (unpaired) electrons. The first-order valence-electron chi connectivity index (χ1n) is 9.71. The molecule has 0 heterocycles. The normalized spacial score (nSPS) is 10.9. The monoisotopic (exact) mass is 410 g/mol. The van der Waals surface area contributed by atoms with E-state index in [1.807, 2.05) is 30.3 Å². The van der Waals surface area contributed by atoms with Gasteiger partial charge in [0.1, 0.15) is 11.4 Å². The second-order valence-electron chi connectivity index (χ2n) is 6.61. The van der Waals surface area contributed by atoms with Crippen molar-refractivity contribution in [3.63, 3.8) is 0 Å². The van der Waals surface area contributed by atoms with Gasteiger partial charge in [0.2, 0.25) is 0 Å². The number of nitrogens with one attached hydrogen (secondary N) is 2. The number of unbranched alkanes of at least 4 members (excludes halogenated alkanes) is 2. The Bertz CT molecular complexity index is 876. The highest BCUT2D eigenvalue weighted by Crippen LogP contribution is 2.12. The van der Waals surface area contributed by atoms with E-state index in [-0.39, 0.29) is 12.1 Å². The smallest absolute Gasteiger partial charge is 0.303 e. The summed E-state index contributed by atoms with van der Waals surface area (Å²) in [5, 5.41) is 14.1. The van der Waals surface area contributed by atoms with Gasteiger partial charge in [-0.1, -0.05) is 36.8 Å². The van der Waals surface area contributed by atoms with Crippen LogP contribution in [0.4, 0.5) is 0 Å². The second-order valence-corrected chi connectivity index (χ2v) is 6.61. The zero-order valence-electron chi connectivity index (χ0n) is 16.9. The number of rotatable bonds is 11. The maximum atomic E-state index is 12.6. The minimum atomic E-state index is -0.826. The molecule has 3 N–H and O–H groups in total. The predicted molar refractivity (Wildman–Crippen MR) is 114 cm³/mol. The molecular formula is C23H26N2O5. The Balaban J connectivity index is 2.03. The topological polar surface area (TPSA) is 105 Å². The predicted octanol–water partition coefficient (Wildman–Crippen LogP) is 3.23. The first kappa shape index (κ1) is 22.7.